The number of hydrogen-bond acceptors (Lipinski definition) is 0. The molecule has 0 spiro atoms. The van der Waals surface area contributed by atoms with Gasteiger partial charge in [0.05, 0.1) is 0 Å². The van der Waals surface area contributed by atoms with Gasteiger partial charge in [0, 0.05) is 0 Å². The van der Waals surface area contributed by atoms with Gasteiger partial charge in [-0.1, -0.05) is 39.3 Å². The summed E-state index contributed by atoms with van der Waals surface area (Å²) in [5, 5.41) is 0. The lowest BCUT2D eigenvalue weighted by Gasteiger charge is -2.21. The normalized spacial score (nSPS) is 17.9. The highest BCUT2D eigenvalue weighted by molar-refractivity contribution is 5.12. The molecule has 0 bridgehead atoms. The Balaban J connectivity index is 2.09. The maximum atomic E-state index is 2.36. The quantitative estimate of drug-likeness (QED) is 0.522. The van der Waals surface area contributed by atoms with Gasteiger partial charge in [0.1, 0.15) is 0 Å². The van der Waals surface area contributed by atoms with Crippen LogP contribution in [0.25, 0.3) is 0 Å². The van der Waals surface area contributed by atoms with Crippen molar-refractivity contribution in [3.8, 4) is 0 Å². The first-order valence-corrected chi connectivity index (χ1v) is 4.32. The lowest BCUT2D eigenvalue weighted by Crippen LogP contribution is -2.09. The first-order chi connectivity index (χ1) is 4.64. The summed E-state index contributed by atoms with van der Waals surface area (Å²) >= 11 is 0. The van der Waals surface area contributed by atoms with Crippen LogP contribution in [0.3, 0.4) is 0 Å². The van der Waals surface area contributed by atoms with Gasteiger partial charge >= 0.3 is 0 Å². The second-order valence-corrected chi connectivity index (χ2v) is 4.11. The minimum atomic E-state index is 0.574. The highest BCUT2D eigenvalue weighted by atomic mass is 14.2. The molecule has 58 valence electrons. The van der Waals surface area contributed by atoms with Crippen molar-refractivity contribution in [1.82, 2.24) is 0 Å². The Kier molecular flexibility index (Phi) is 2.18. The van der Waals surface area contributed by atoms with E-state index in [1.165, 1.54) is 19.3 Å². The van der Waals surface area contributed by atoms with Gasteiger partial charge in [-0.15, -0.1) is 0 Å². The minimum Gasteiger partial charge on any atom is -0.0810 e. The third-order valence-electron chi connectivity index (χ3n) is 2.58. The van der Waals surface area contributed by atoms with Crippen molar-refractivity contribution in [3.05, 3.63) is 12.2 Å². The van der Waals surface area contributed by atoms with Crippen LogP contribution >= 0.6 is 0 Å². The van der Waals surface area contributed by atoms with Crippen molar-refractivity contribution in [2.75, 3.05) is 0 Å². The van der Waals surface area contributed by atoms with E-state index in [1.54, 1.807) is 0 Å². The van der Waals surface area contributed by atoms with Crippen LogP contribution < -0.4 is 0 Å². The molecule has 1 rings (SSSR count). The zero-order valence-electron chi connectivity index (χ0n) is 7.35. The zero-order valence-corrected chi connectivity index (χ0v) is 7.35. The maximum Gasteiger partial charge on any atom is -0.00529 e. The highest BCUT2D eigenvalue weighted by Gasteiger charge is 2.18. The summed E-state index contributed by atoms with van der Waals surface area (Å²) in [7, 11) is 0. The van der Waals surface area contributed by atoms with Gasteiger partial charge in [-0.05, 0) is 24.2 Å². The largest absolute Gasteiger partial charge is 0.0810 e. The van der Waals surface area contributed by atoms with Gasteiger partial charge < -0.3 is 0 Å². The fraction of sp³-hybridized carbons (Fsp3) is 0.800. The molecule has 0 nitrogen and oxygen atoms in total. The van der Waals surface area contributed by atoms with Crippen molar-refractivity contribution in [2.24, 2.45) is 11.3 Å². The molecule has 1 aliphatic rings. The molecule has 0 amide bonds. The van der Waals surface area contributed by atoms with Gasteiger partial charge in [-0.25, -0.2) is 0 Å². The number of hydrogen-bond donors (Lipinski definition) is 0. The van der Waals surface area contributed by atoms with Gasteiger partial charge in [0.25, 0.3) is 0 Å². The molecular weight excluding hydrogens is 120 g/mol. The smallest absolute Gasteiger partial charge is 0.00529 e. The number of rotatable bonds is 4. The Labute approximate surface area is 64.3 Å². The molecular formula is C10H18. The molecule has 0 N–H and O–H groups in total. The molecule has 10 heavy (non-hydrogen) atoms. The van der Waals surface area contributed by atoms with Gasteiger partial charge in [0.2, 0.25) is 0 Å². The fourth-order valence-electron chi connectivity index (χ4n) is 1.01. The topological polar surface area (TPSA) is 0 Å². The van der Waals surface area contributed by atoms with Gasteiger partial charge in [0.15, 0.2) is 0 Å². The summed E-state index contributed by atoms with van der Waals surface area (Å²) < 4.78 is 0. The van der Waals surface area contributed by atoms with Crippen LogP contribution in [0.5, 0.6) is 0 Å². The van der Waals surface area contributed by atoms with Crippen LogP contribution in [0.2, 0.25) is 0 Å². The van der Waals surface area contributed by atoms with Gasteiger partial charge in [-0.3, -0.25) is 0 Å². The summed E-state index contributed by atoms with van der Waals surface area (Å²) in [5.41, 5.74) is 0.574. The average molecular weight is 138 g/mol. The molecule has 0 aromatic carbocycles. The lowest BCUT2D eigenvalue weighted by atomic mass is 9.84. The van der Waals surface area contributed by atoms with Gasteiger partial charge in [-0.2, -0.15) is 0 Å². The van der Waals surface area contributed by atoms with Crippen LogP contribution in [-0.2, 0) is 0 Å². The Morgan fingerprint density at radius 3 is 2.30 bits per heavy atom. The van der Waals surface area contributed by atoms with Crippen molar-refractivity contribution < 1.29 is 0 Å². The Bertz CT molecular complexity index is 125. The van der Waals surface area contributed by atoms with E-state index in [0.717, 1.165) is 5.92 Å². The van der Waals surface area contributed by atoms with Crippen LogP contribution in [-0.4, -0.2) is 0 Å². The van der Waals surface area contributed by atoms with E-state index in [9.17, 15) is 0 Å². The molecule has 0 heterocycles. The molecule has 0 atom stereocenters. The zero-order chi connectivity index (χ0) is 7.61. The van der Waals surface area contributed by atoms with E-state index < -0.39 is 0 Å². The predicted octanol–water partition coefficient (Wildman–Crippen LogP) is 3.39. The van der Waals surface area contributed by atoms with Crippen LogP contribution in [0.4, 0.5) is 0 Å². The van der Waals surface area contributed by atoms with Crippen molar-refractivity contribution >= 4 is 0 Å². The summed E-state index contributed by atoms with van der Waals surface area (Å²) in [6.07, 6.45) is 8.65. The molecule has 1 aliphatic carbocycles. The first kappa shape index (κ1) is 7.84. The van der Waals surface area contributed by atoms with Crippen LogP contribution in [0.1, 0.15) is 40.0 Å². The van der Waals surface area contributed by atoms with E-state index in [-0.39, 0.29) is 0 Å². The molecule has 0 heteroatoms. The molecule has 0 fully saturated rings. The molecule has 0 aromatic rings. The predicted molar refractivity (Wildman–Crippen MR) is 45.9 cm³/mol. The maximum absolute atomic E-state index is 2.36. The standard InChI is InChI=1S/C10H18/c1-4-10(2,3)8-7-9-5-6-9/h5-6,9H,4,7-8H2,1-3H3. The lowest BCUT2D eigenvalue weighted by molar-refractivity contribution is 0.308. The van der Waals surface area contributed by atoms with E-state index in [0.29, 0.717) is 5.41 Å². The summed E-state index contributed by atoms with van der Waals surface area (Å²) in [4.78, 5) is 0. The molecule has 0 unspecified atom stereocenters. The molecule has 0 radical (unpaired) electrons. The molecule has 0 saturated carbocycles. The van der Waals surface area contributed by atoms with Crippen molar-refractivity contribution in [2.45, 2.75) is 40.0 Å². The van der Waals surface area contributed by atoms with E-state index in [4.69, 9.17) is 0 Å². The molecule has 0 aromatic heterocycles. The first-order valence-electron chi connectivity index (χ1n) is 4.32. The minimum absolute atomic E-state index is 0.574. The van der Waals surface area contributed by atoms with Crippen molar-refractivity contribution in [3.63, 3.8) is 0 Å². The second-order valence-electron chi connectivity index (χ2n) is 4.11. The summed E-state index contributed by atoms with van der Waals surface area (Å²) in [5.74, 6) is 0.867. The molecule has 0 saturated heterocycles. The fourth-order valence-corrected chi connectivity index (χ4v) is 1.01. The van der Waals surface area contributed by atoms with E-state index >= 15 is 0 Å². The Morgan fingerprint density at radius 1 is 1.30 bits per heavy atom. The average Bonchev–Trinajstić information content (AvgIpc) is 2.66. The third-order valence-corrected chi connectivity index (χ3v) is 2.58. The second kappa shape index (κ2) is 2.77. The summed E-state index contributed by atoms with van der Waals surface area (Å²) in [6, 6.07) is 0. The van der Waals surface area contributed by atoms with Crippen LogP contribution in [0.15, 0.2) is 12.2 Å². The SMILES string of the molecule is CCC(C)(C)CCC1C=C1. The summed E-state index contributed by atoms with van der Waals surface area (Å²) in [6.45, 7) is 6.99. The molecule has 0 aliphatic heterocycles. The third kappa shape index (κ3) is 2.55. The monoisotopic (exact) mass is 138 g/mol. The van der Waals surface area contributed by atoms with E-state index in [2.05, 4.69) is 32.9 Å². The Hall–Kier alpha value is -0.260. The van der Waals surface area contributed by atoms with E-state index in [1.807, 2.05) is 0 Å². The highest BCUT2D eigenvalue weighted by Crippen LogP contribution is 2.32. The van der Waals surface area contributed by atoms with Crippen molar-refractivity contribution in [1.29, 1.82) is 0 Å². The number of allylic oxidation sites excluding steroid dienone is 2. The Morgan fingerprint density at radius 2 is 1.90 bits per heavy atom. The van der Waals surface area contributed by atoms with Crippen LogP contribution in [0, 0.1) is 11.3 Å².